The van der Waals surface area contributed by atoms with Crippen LogP contribution in [0.3, 0.4) is 0 Å². The van der Waals surface area contributed by atoms with E-state index in [1.807, 2.05) is 0 Å². The monoisotopic (exact) mass is 205 g/mol. The molecule has 1 aliphatic heterocycles. The van der Waals surface area contributed by atoms with Crippen LogP contribution in [0.5, 0.6) is 5.75 Å². The Bertz CT molecular complexity index is 329. The van der Waals surface area contributed by atoms with Crippen LogP contribution in [0.25, 0.3) is 0 Å². The fourth-order valence-electron chi connectivity index (χ4n) is 2.23. The van der Waals surface area contributed by atoms with Gasteiger partial charge in [-0.05, 0) is 49.4 Å². The van der Waals surface area contributed by atoms with Gasteiger partial charge in [0.25, 0.3) is 0 Å². The molecule has 0 unspecified atom stereocenters. The van der Waals surface area contributed by atoms with Crippen molar-refractivity contribution >= 4 is 0 Å². The van der Waals surface area contributed by atoms with E-state index < -0.39 is 0 Å². The van der Waals surface area contributed by atoms with Crippen molar-refractivity contribution in [1.29, 1.82) is 0 Å². The van der Waals surface area contributed by atoms with Gasteiger partial charge in [0.1, 0.15) is 5.75 Å². The van der Waals surface area contributed by atoms with Crippen LogP contribution < -0.4 is 10.1 Å². The molecule has 1 aromatic rings. The summed E-state index contributed by atoms with van der Waals surface area (Å²) in [7, 11) is 1.74. The standard InChI is InChI=1S/C13H19NO/c1-10-5-6-11(8-13(10)15-2)12-4-3-7-14-9-12/h5-6,8,12,14H,3-4,7,9H2,1-2H3/t12-/m1/s1. The zero-order valence-electron chi connectivity index (χ0n) is 9.55. The van der Waals surface area contributed by atoms with Gasteiger partial charge in [-0.15, -0.1) is 0 Å². The van der Waals surface area contributed by atoms with Gasteiger partial charge in [-0.25, -0.2) is 0 Å². The molecule has 1 atom stereocenters. The molecule has 1 fully saturated rings. The molecule has 0 amide bonds. The number of methoxy groups -OCH3 is 1. The lowest BCUT2D eigenvalue weighted by Gasteiger charge is -2.23. The Hall–Kier alpha value is -1.02. The minimum absolute atomic E-state index is 0.660. The van der Waals surface area contributed by atoms with Crippen LogP contribution in [-0.4, -0.2) is 20.2 Å². The maximum atomic E-state index is 5.36. The number of aryl methyl sites for hydroxylation is 1. The number of rotatable bonds is 2. The van der Waals surface area contributed by atoms with Crippen LogP contribution >= 0.6 is 0 Å². The molecule has 1 saturated heterocycles. The summed E-state index contributed by atoms with van der Waals surface area (Å²) in [5.74, 6) is 1.67. The number of benzene rings is 1. The number of ether oxygens (including phenoxy) is 1. The van der Waals surface area contributed by atoms with E-state index in [0.717, 1.165) is 12.3 Å². The maximum absolute atomic E-state index is 5.36. The molecule has 15 heavy (non-hydrogen) atoms. The Labute approximate surface area is 91.6 Å². The minimum Gasteiger partial charge on any atom is -0.496 e. The van der Waals surface area contributed by atoms with Crippen molar-refractivity contribution in [3.63, 3.8) is 0 Å². The number of hydrogen-bond donors (Lipinski definition) is 1. The first-order chi connectivity index (χ1) is 7.31. The van der Waals surface area contributed by atoms with E-state index in [2.05, 4.69) is 30.4 Å². The van der Waals surface area contributed by atoms with E-state index in [-0.39, 0.29) is 0 Å². The molecule has 1 aliphatic rings. The third-order valence-corrected chi connectivity index (χ3v) is 3.20. The number of nitrogens with one attached hydrogen (secondary N) is 1. The smallest absolute Gasteiger partial charge is 0.122 e. The summed E-state index contributed by atoms with van der Waals surface area (Å²) in [6.07, 6.45) is 2.57. The third-order valence-electron chi connectivity index (χ3n) is 3.20. The van der Waals surface area contributed by atoms with E-state index in [9.17, 15) is 0 Å². The predicted molar refractivity (Wildman–Crippen MR) is 62.6 cm³/mol. The summed E-state index contributed by atoms with van der Waals surface area (Å²) >= 11 is 0. The largest absolute Gasteiger partial charge is 0.496 e. The van der Waals surface area contributed by atoms with Crippen LogP contribution in [0.2, 0.25) is 0 Å². The Morgan fingerprint density at radius 1 is 1.40 bits per heavy atom. The van der Waals surface area contributed by atoms with Gasteiger partial charge in [-0.2, -0.15) is 0 Å². The second kappa shape index (κ2) is 4.67. The first kappa shape index (κ1) is 10.5. The van der Waals surface area contributed by atoms with Crippen molar-refractivity contribution in [1.82, 2.24) is 5.32 Å². The molecule has 0 radical (unpaired) electrons. The molecule has 0 saturated carbocycles. The van der Waals surface area contributed by atoms with Gasteiger partial charge in [0.05, 0.1) is 7.11 Å². The summed E-state index contributed by atoms with van der Waals surface area (Å²) < 4.78 is 5.36. The first-order valence-electron chi connectivity index (χ1n) is 5.66. The highest BCUT2D eigenvalue weighted by Crippen LogP contribution is 2.28. The average Bonchev–Trinajstić information content (AvgIpc) is 2.31. The molecule has 82 valence electrons. The molecular weight excluding hydrogens is 186 g/mol. The fraction of sp³-hybridized carbons (Fsp3) is 0.538. The van der Waals surface area contributed by atoms with Crippen molar-refractivity contribution in [2.24, 2.45) is 0 Å². The lowest BCUT2D eigenvalue weighted by molar-refractivity contribution is 0.408. The Morgan fingerprint density at radius 2 is 2.27 bits per heavy atom. The Kier molecular flexibility index (Phi) is 3.27. The SMILES string of the molecule is COc1cc([C@@H]2CCCNC2)ccc1C. The van der Waals surface area contributed by atoms with Gasteiger partial charge in [0.15, 0.2) is 0 Å². The molecule has 2 nitrogen and oxygen atoms in total. The van der Waals surface area contributed by atoms with Crippen molar-refractivity contribution in [2.75, 3.05) is 20.2 Å². The van der Waals surface area contributed by atoms with E-state index in [1.165, 1.54) is 30.5 Å². The summed E-state index contributed by atoms with van der Waals surface area (Å²) in [4.78, 5) is 0. The van der Waals surface area contributed by atoms with E-state index in [4.69, 9.17) is 4.74 Å². The van der Waals surface area contributed by atoms with Crippen LogP contribution in [0.15, 0.2) is 18.2 Å². The van der Waals surface area contributed by atoms with E-state index >= 15 is 0 Å². The van der Waals surface area contributed by atoms with Gasteiger partial charge < -0.3 is 10.1 Å². The predicted octanol–water partition coefficient (Wildman–Crippen LogP) is 2.47. The number of piperidine rings is 1. The van der Waals surface area contributed by atoms with Gasteiger partial charge in [-0.1, -0.05) is 12.1 Å². The van der Waals surface area contributed by atoms with E-state index in [0.29, 0.717) is 5.92 Å². The minimum atomic E-state index is 0.660. The van der Waals surface area contributed by atoms with Gasteiger partial charge >= 0.3 is 0 Å². The van der Waals surface area contributed by atoms with E-state index in [1.54, 1.807) is 7.11 Å². The zero-order valence-corrected chi connectivity index (χ0v) is 9.55. The van der Waals surface area contributed by atoms with Crippen molar-refractivity contribution in [3.8, 4) is 5.75 Å². The van der Waals surface area contributed by atoms with Crippen LogP contribution in [0.1, 0.15) is 29.9 Å². The molecule has 0 bridgehead atoms. The fourth-order valence-corrected chi connectivity index (χ4v) is 2.23. The topological polar surface area (TPSA) is 21.3 Å². The number of hydrogen-bond acceptors (Lipinski definition) is 2. The van der Waals surface area contributed by atoms with Crippen molar-refractivity contribution in [2.45, 2.75) is 25.7 Å². The Morgan fingerprint density at radius 3 is 2.93 bits per heavy atom. The highest BCUT2D eigenvalue weighted by molar-refractivity contribution is 5.38. The zero-order chi connectivity index (χ0) is 10.7. The van der Waals surface area contributed by atoms with Crippen LogP contribution in [-0.2, 0) is 0 Å². The highest BCUT2D eigenvalue weighted by atomic mass is 16.5. The summed E-state index contributed by atoms with van der Waals surface area (Å²) in [5, 5.41) is 3.44. The molecule has 1 aromatic carbocycles. The first-order valence-corrected chi connectivity index (χ1v) is 5.66. The second-order valence-electron chi connectivity index (χ2n) is 4.27. The quantitative estimate of drug-likeness (QED) is 0.801. The van der Waals surface area contributed by atoms with Gasteiger partial charge in [0, 0.05) is 6.54 Å². The van der Waals surface area contributed by atoms with Gasteiger partial charge in [-0.3, -0.25) is 0 Å². The molecule has 1 N–H and O–H groups in total. The van der Waals surface area contributed by atoms with Crippen molar-refractivity contribution < 1.29 is 4.74 Å². The molecule has 2 heteroatoms. The summed E-state index contributed by atoms with van der Waals surface area (Å²) in [6, 6.07) is 6.57. The second-order valence-corrected chi connectivity index (χ2v) is 4.27. The highest BCUT2D eigenvalue weighted by Gasteiger charge is 2.15. The normalized spacial score (nSPS) is 21.3. The van der Waals surface area contributed by atoms with Crippen LogP contribution in [0.4, 0.5) is 0 Å². The molecular formula is C13H19NO. The molecule has 0 spiro atoms. The summed E-state index contributed by atoms with van der Waals surface area (Å²) in [6.45, 7) is 4.35. The molecule has 2 rings (SSSR count). The molecule has 0 aromatic heterocycles. The summed E-state index contributed by atoms with van der Waals surface area (Å²) in [5.41, 5.74) is 2.62. The van der Waals surface area contributed by atoms with Crippen molar-refractivity contribution in [3.05, 3.63) is 29.3 Å². The third kappa shape index (κ3) is 2.32. The molecule has 0 aliphatic carbocycles. The molecule has 1 heterocycles. The van der Waals surface area contributed by atoms with Gasteiger partial charge in [0.2, 0.25) is 0 Å². The maximum Gasteiger partial charge on any atom is 0.122 e. The van der Waals surface area contributed by atoms with Crippen LogP contribution in [0, 0.1) is 6.92 Å². The lowest BCUT2D eigenvalue weighted by Crippen LogP contribution is -2.28. The lowest BCUT2D eigenvalue weighted by atomic mass is 9.91. The Balaban J connectivity index is 2.20. The average molecular weight is 205 g/mol.